The van der Waals surface area contributed by atoms with Gasteiger partial charge in [-0.05, 0) is 50.1 Å². The number of carbonyl (C=O) groups excluding carboxylic acids is 2. The number of hydrogen-bond acceptors (Lipinski definition) is 6. The van der Waals surface area contributed by atoms with Crippen molar-refractivity contribution in [3.63, 3.8) is 0 Å². The first-order valence-electron chi connectivity index (χ1n) is 9.01. The van der Waals surface area contributed by atoms with Gasteiger partial charge >= 0.3 is 5.97 Å². The molecule has 28 heavy (non-hydrogen) atoms. The molecule has 1 aliphatic heterocycles. The fourth-order valence-electron chi connectivity index (χ4n) is 3.08. The van der Waals surface area contributed by atoms with Gasteiger partial charge in [0.2, 0.25) is 0 Å². The lowest BCUT2D eigenvalue weighted by Gasteiger charge is -2.17. The number of amides is 1. The van der Waals surface area contributed by atoms with E-state index < -0.39 is 23.4 Å². The lowest BCUT2D eigenvalue weighted by Crippen LogP contribution is -2.21. The first-order valence-corrected chi connectivity index (χ1v) is 9.01. The number of hydrogen-bond donors (Lipinski definition) is 1. The smallest absolute Gasteiger partial charge is 0.338 e. The highest BCUT2D eigenvalue weighted by molar-refractivity contribution is 5.95. The van der Waals surface area contributed by atoms with E-state index >= 15 is 0 Å². The van der Waals surface area contributed by atoms with Gasteiger partial charge in [-0.15, -0.1) is 0 Å². The molecule has 0 unspecified atom stereocenters. The molecule has 2 aromatic carbocycles. The summed E-state index contributed by atoms with van der Waals surface area (Å²) >= 11 is 0. The zero-order valence-electron chi connectivity index (χ0n) is 15.5. The summed E-state index contributed by atoms with van der Waals surface area (Å²) in [6.45, 7) is 3.18. The van der Waals surface area contributed by atoms with Crippen LogP contribution in [-0.4, -0.2) is 36.5 Å². The molecule has 0 aliphatic carbocycles. The van der Waals surface area contributed by atoms with Gasteiger partial charge in [0.15, 0.2) is 6.61 Å². The Morgan fingerprint density at radius 3 is 2.46 bits per heavy atom. The van der Waals surface area contributed by atoms with Gasteiger partial charge in [0.1, 0.15) is 0 Å². The van der Waals surface area contributed by atoms with Gasteiger partial charge in [-0.1, -0.05) is 6.07 Å². The Bertz CT molecular complexity index is 889. The molecule has 0 aromatic heterocycles. The van der Waals surface area contributed by atoms with Crippen molar-refractivity contribution in [2.75, 3.05) is 29.9 Å². The van der Waals surface area contributed by atoms with Gasteiger partial charge in [0, 0.05) is 36.1 Å². The number of ether oxygens (including phenoxy) is 1. The van der Waals surface area contributed by atoms with Crippen molar-refractivity contribution in [2.45, 2.75) is 19.8 Å². The molecule has 1 fully saturated rings. The predicted octanol–water partition coefficient (Wildman–Crippen LogP) is 3.30. The van der Waals surface area contributed by atoms with Gasteiger partial charge in [0.25, 0.3) is 11.6 Å². The third-order valence-electron chi connectivity index (χ3n) is 4.60. The van der Waals surface area contributed by atoms with Crippen LogP contribution in [0.25, 0.3) is 0 Å². The number of rotatable bonds is 6. The summed E-state index contributed by atoms with van der Waals surface area (Å²) in [5.41, 5.74) is 2.02. The molecule has 0 radical (unpaired) electrons. The number of esters is 1. The van der Waals surface area contributed by atoms with Crippen LogP contribution in [0.1, 0.15) is 28.8 Å². The molecule has 8 heteroatoms. The van der Waals surface area contributed by atoms with E-state index in [2.05, 4.69) is 10.2 Å². The van der Waals surface area contributed by atoms with Crippen LogP contribution in [-0.2, 0) is 9.53 Å². The van der Waals surface area contributed by atoms with Crippen LogP contribution in [0.3, 0.4) is 0 Å². The van der Waals surface area contributed by atoms with E-state index in [1.165, 1.54) is 25.0 Å². The normalized spacial score (nSPS) is 13.2. The van der Waals surface area contributed by atoms with Gasteiger partial charge in [-0.25, -0.2) is 4.79 Å². The fourth-order valence-corrected chi connectivity index (χ4v) is 3.08. The Morgan fingerprint density at radius 2 is 1.82 bits per heavy atom. The number of nitrogens with zero attached hydrogens (tertiary/aromatic N) is 2. The fraction of sp³-hybridized carbons (Fsp3) is 0.300. The highest BCUT2D eigenvalue weighted by Gasteiger charge is 2.17. The molecule has 3 rings (SSSR count). The van der Waals surface area contributed by atoms with Gasteiger partial charge in [-0.2, -0.15) is 0 Å². The lowest BCUT2D eigenvalue weighted by atomic mass is 10.1. The quantitative estimate of drug-likeness (QED) is 0.466. The van der Waals surface area contributed by atoms with Crippen molar-refractivity contribution >= 4 is 28.9 Å². The summed E-state index contributed by atoms with van der Waals surface area (Å²) in [6, 6.07) is 11.5. The van der Waals surface area contributed by atoms with Gasteiger partial charge in [-0.3, -0.25) is 14.9 Å². The maximum atomic E-state index is 12.0. The second-order valence-corrected chi connectivity index (χ2v) is 6.62. The van der Waals surface area contributed by atoms with Crippen LogP contribution in [0.5, 0.6) is 0 Å². The largest absolute Gasteiger partial charge is 0.452 e. The molecule has 1 N–H and O–H groups in total. The number of nitro groups is 1. The van der Waals surface area contributed by atoms with Crippen molar-refractivity contribution in [2.24, 2.45) is 0 Å². The van der Waals surface area contributed by atoms with Crippen molar-refractivity contribution < 1.29 is 19.2 Å². The topological polar surface area (TPSA) is 102 Å². The van der Waals surface area contributed by atoms with Crippen LogP contribution >= 0.6 is 0 Å². The van der Waals surface area contributed by atoms with Crippen molar-refractivity contribution in [3.05, 3.63) is 63.7 Å². The van der Waals surface area contributed by atoms with Gasteiger partial charge in [0.05, 0.1) is 10.5 Å². The summed E-state index contributed by atoms with van der Waals surface area (Å²) in [5.74, 6) is -1.27. The summed E-state index contributed by atoms with van der Waals surface area (Å²) in [7, 11) is 0. The van der Waals surface area contributed by atoms with Crippen LogP contribution < -0.4 is 10.2 Å². The highest BCUT2D eigenvalue weighted by Crippen LogP contribution is 2.22. The van der Waals surface area contributed by atoms with E-state index in [1.54, 1.807) is 19.1 Å². The second kappa shape index (κ2) is 8.51. The highest BCUT2D eigenvalue weighted by atomic mass is 16.6. The average molecular weight is 383 g/mol. The minimum absolute atomic E-state index is 0.0278. The molecule has 1 heterocycles. The second-order valence-electron chi connectivity index (χ2n) is 6.62. The number of aryl methyl sites for hydroxylation is 1. The van der Waals surface area contributed by atoms with Gasteiger partial charge < -0.3 is 15.0 Å². The Hall–Kier alpha value is -3.42. The maximum absolute atomic E-state index is 12.0. The van der Waals surface area contributed by atoms with E-state index in [4.69, 9.17) is 4.74 Å². The summed E-state index contributed by atoms with van der Waals surface area (Å²) in [6.07, 6.45) is 2.38. The third kappa shape index (κ3) is 4.64. The molecule has 0 atom stereocenters. The van der Waals surface area contributed by atoms with E-state index in [9.17, 15) is 19.7 Å². The van der Waals surface area contributed by atoms with Crippen LogP contribution in [0, 0.1) is 17.0 Å². The first-order chi connectivity index (χ1) is 13.4. The maximum Gasteiger partial charge on any atom is 0.338 e. The van der Waals surface area contributed by atoms with Crippen molar-refractivity contribution in [3.8, 4) is 0 Å². The number of benzene rings is 2. The van der Waals surface area contributed by atoms with Crippen LogP contribution in [0.2, 0.25) is 0 Å². The van der Waals surface area contributed by atoms with E-state index in [0.717, 1.165) is 24.8 Å². The van der Waals surface area contributed by atoms with Crippen LogP contribution in [0.4, 0.5) is 17.1 Å². The molecule has 8 nitrogen and oxygen atoms in total. The van der Waals surface area contributed by atoms with E-state index in [0.29, 0.717) is 11.3 Å². The molecule has 1 saturated heterocycles. The lowest BCUT2D eigenvalue weighted by molar-refractivity contribution is -0.385. The zero-order chi connectivity index (χ0) is 20.1. The molecule has 0 bridgehead atoms. The first kappa shape index (κ1) is 19.3. The van der Waals surface area contributed by atoms with E-state index in [1.807, 2.05) is 12.1 Å². The molecule has 2 aromatic rings. The van der Waals surface area contributed by atoms with E-state index in [-0.39, 0.29) is 11.3 Å². The number of nitro benzene ring substituents is 1. The number of anilines is 2. The summed E-state index contributed by atoms with van der Waals surface area (Å²) < 4.78 is 4.96. The average Bonchev–Trinajstić information content (AvgIpc) is 3.21. The summed E-state index contributed by atoms with van der Waals surface area (Å²) in [4.78, 5) is 36.7. The molecule has 1 amide bonds. The Balaban J connectivity index is 1.53. The third-order valence-corrected chi connectivity index (χ3v) is 4.60. The SMILES string of the molecule is Cc1ccc(C(=O)OCC(=O)Nc2ccc(N3CCCC3)cc2)cc1[N+](=O)[O-]. The minimum Gasteiger partial charge on any atom is -0.452 e. The number of nitrogens with one attached hydrogen (secondary N) is 1. The van der Waals surface area contributed by atoms with Crippen molar-refractivity contribution in [1.82, 2.24) is 0 Å². The zero-order valence-corrected chi connectivity index (χ0v) is 15.5. The molecular weight excluding hydrogens is 362 g/mol. The Kier molecular flexibility index (Phi) is 5.88. The molecule has 0 spiro atoms. The minimum atomic E-state index is -0.789. The molecule has 0 saturated carbocycles. The summed E-state index contributed by atoms with van der Waals surface area (Å²) in [5, 5.41) is 13.6. The Morgan fingerprint density at radius 1 is 1.14 bits per heavy atom. The molecular formula is C20H21N3O5. The van der Waals surface area contributed by atoms with Crippen molar-refractivity contribution in [1.29, 1.82) is 0 Å². The molecule has 146 valence electrons. The predicted molar refractivity (Wildman–Crippen MR) is 105 cm³/mol. The molecule has 1 aliphatic rings. The van der Waals surface area contributed by atoms with Crippen LogP contribution in [0.15, 0.2) is 42.5 Å². The number of carbonyl (C=O) groups is 2. The monoisotopic (exact) mass is 383 g/mol. The standard InChI is InChI=1S/C20H21N3O5/c1-14-4-5-15(12-18(14)23(26)27)20(25)28-13-19(24)21-16-6-8-17(9-7-16)22-10-2-3-11-22/h4-9,12H,2-3,10-11,13H2,1H3,(H,21,24). The Labute approximate surface area is 162 Å².